The van der Waals surface area contributed by atoms with Crippen molar-refractivity contribution in [2.75, 3.05) is 19.8 Å². The molecule has 16 heteroatoms. The van der Waals surface area contributed by atoms with Gasteiger partial charge in [-0.1, -0.05) is 29.4 Å². The van der Waals surface area contributed by atoms with Crippen LogP contribution < -0.4 is 30.6 Å². The zero-order valence-electron chi connectivity index (χ0n) is 40.7. The average Bonchev–Trinajstić information content (AvgIpc) is 3.41. The molecule has 3 saturated heterocycles. The molecule has 1 aromatic carbocycles. The number of carbonyl (C=O) groups is 2. The quantitative estimate of drug-likeness (QED) is 0.119. The minimum Gasteiger partial charge on any atom is -0.482 e. The molecule has 10 rings (SSSR count). The van der Waals surface area contributed by atoms with Crippen LogP contribution >= 0.6 is 0 Å². The van der Waals surface area contributed by atoms with Crippen molar-refractivity contribution in [1.82, 2.24) is 10.6 Å². The number of ketones is 1. The Morgan fingerprint density at radius 3 is 2.47 bits per heavy atom. The van der Waals surface area contributed by atoms with Crippen molar-refractivity contribution in [3.63, 3.8) is 0 Å². The molecule has 68 heavy (non-hydrogen) atoms. The monoisotopic (exact) mass is 938 g/mol. The number of hydrogen-bond donors (Lipinski definition) is 6. The number of benzene rings is 1. The number of allylic oxidation sites excluding steroid dienone is 5. The highest BCUT2D eigenvalue weighted by Crippen LogP contribution is 2.73. The summed E-state index contributed by atoms with van der Waals surface area (Å²) in [5, 5.41) is 50.0. The molecule has 9 aliphatic rings. The lowest BCUT2D eigenvalue weighted by molar-refractivity contribution is -0.373. The summed E-state index contributed by atoms with van der Waals surface area (Å²) in [6, 6.07) is 2.33. The fraction of sp³-hybridized carbons (Fsp3) is 0.596. The number of fused-ring (bicyclic) bond motifs is 4. The number of rotatable bonds is 12. The SMILES string of the molecule is CC(C)=CCCC1(C)C=Cc2c(c(CC=C(C)C)c3c(c2O[C@@H]2O[C@@H]4COC(C)(C)O[C@H]4[C@H](O)[C@H]2O)C2=C4C(C(C#N)=C(N)N2)C2CC5C(C)(C)OC(C/C=C(/C)C(=O)NCCO)(C2=O)C45O3)O1. The minimum atomic E-state index is -1.70. The largest absolute Gasteiger partial charge is 0.482 e. The maximum atomic E-state index is 15.6. The van der Waals surface area contributed by atoms with Crippen LogP contribution in [0, 0.1) is 29.1 Å². The molecule has 6 unspecified atom stereocenters. The maximum absolute atomic E-state index is 15.6. The van der Waals surface area contributed by atoms with E-state index < -0.39 is 82.6 Å². The van der Waals surface area contributed by atoms with Gasteiger partial charge in [-0.15, -0.1) is 0 Å². The number of carbonyl (C=O) groups excluding carboxylic acids is 2. The zero-order chi connectivity index (χ0) is 49.0. The van der Waals surface area contributed by atoms with Gasteiger partial charge in [0, 0.05) is 47.4 Å². The fourth-order valence-corrected chi connectivity index (χ4v) is 12.0. The summed E-state index contributed by atoms with van der Waals surface area (Å²) in [5.41, 5.74) is 7.21. The first-order chi connectivity index (χ1) is 32.0. The van der Waals surface area contributed by atoms with Crippen molar-refractivity contribution < 1.29 is 58.1 Å². The van der Waals surface area contributed by atoms with Gasteiger partial charge in [0.1, 0.15) is 53.1 Å². The molecule has 16 nitrogen and oxygen atoms in total. The molecule has 6 fully saturated rings. The number of nitrogens with one attached hydrogen (secondary N) is 2. The van der Waals surface area contributed by atoms with Crippen LogP contribution in [0.5, 0.6) is 17.2 Å². The lowest BCUT2D eigenvalue weighted by Gasteiger charge is -2.62. The zero-order valence-corrected chi connectivity index (χ0v) is 40.7. The lowest BCUT2D eigenvalue weighted by atomic mass is 9.45. The van der Waals surface area contributed by atoms with Gasteiger partial charge in [-0.2, -0.15) is 5.26 Å². The van der Waals surface area contributed by atoms with Gasteiger partial charge >= 0.3 is 0 Å². The average molecular weight is 939 g/mol. The van der Waals surface area contributed by atoms with E-state index >= 15 is 4.79 Å². The van der Waals surface area contributed by atoms with Crippen molar-refractivity contribution in [1.29, 1.82) is 5.26 Å². The maximum Gasteiger partial charge on any atom is 0.246 e. The second-order valence-electron chi connectivity index (χ2n) is 21.3. The highest BCUT2D eigenvalue weighted by molar-refractivity contribution is 6.02. The number of Topliss-reactive ketones (excluding diaryl/α,β-unsaturated/α-hetero) is 1. The molecule has 1 amide bonds. The third kappa shape index (κ3) is 7.34. The van der Waals surface area contributed by atoms with Gasteiger partial charge in [0.05, 0.1) is 47.3 Å². The molecule has 11 atom stereocenters. The van der Waals surface area contributed by atoms with E-state index in [0.717, 1.165) is 12.0 Å². The van der Waals surface area contributed by atoms with Gasteiger partial charge in [-0.25, -0.2) is 0 Å². The number of nitriles is 1. The molecule has 3 saturated carbocycles. The molecule has 7 N–H and O–H groups in total. The second kappa shape index (κ2) is 16.9. The molecule has 1 spiro atoms. The van der Waals surface area contributed by atoms with Crippen LogP contribution in [0.1, 0.15) is 112 Å². The summed E-state index contributed by atoms with van der Waals surface area (Å²) in [7, 11) is 0. The topological polar surface area (TPSA) is 233 Å². The second-order valence-corrected chi connectivity index (χ2v) is 21.3. The normalized spacial score (nSPS) is 35.4. The molecule has 4 bridgehead atoms. The van der Waals surface area contributed by atoms with Gasteiger partial charge in [-0.3, -0.25) is 9.59 Å². The number of nitrogens with zero attached hydrogens (tertiary/aromatic N) is 1. The Morgan fingerprint density at radius 2 is 1.78 bits per heavy atom. The molecule has 366 valence electrons. The van der Waals surface area contributed by atoms with Crippen LogP contribution in [0.2, 0.25) is 0 Å². The molecular weight excluding hydrogens is 873 g/mol. The number of dihydropyridines is 1. The van der Waals surface area contributed by atoms with E-state index in [9.17, 15) is 25.4 Å². The van der Waals surface area contributed by atoms with E-state index in [0.29, 0.717) is 64.3 Å². The Labute approximate surface area is 397 Å². The molecule has 6 aliphatic heterocycles. The molecule has 3 aliphatic carbocycles. The van der Waals surface area contributed by atoms with Gasteiger partial charge < -0.3 is 64.8 Å². The van der Waals surface area contributed by atoms with Crippen molar-refractivity contribution in [2.24, 2.45) is 23.5 Å². The van der Waals surface area contributed by atoms with Crippen LogP contribution in [-0.4, -0.2) is 106 Å². The van der Waals surface area contributed by atoms with Gasteiger partial charge in [0.25, 0.3) is 0 Å². The van der Waals surface area contributed by atoms with E-state index in [-0.39, 0.29) is 49.1 Å². The molecular formula is C52H66N4O12. The van der Waals surface area contributed by atoms with Crippen LogP contribution in [0.3, 0.4) is 0 Å². The number of amides is 1. The number of aliphatic hydroxyl groups is 3. The summed E-state index contributed by atoms with van der Waals surface area (Å²) < 4.78 is 47.6. The third-order valence-electron chi connectivity index (χ3n) is 15.1. The van der Waals surface area contributed by atoms with Crippen molar-refractivity contribution >= 4 is 23.5 Å². The number of aliphatic hydroxyl groups excluding tert-OH is 3. The highest BCUT2D eigenvalue weighted by Gasteiger charge is 2.84. The van der Waals surface area contributed by atoms with Crippen LogP contribution in [0.25, 0.3) is 11.8 Å². The van der Waals surface area contributed by atoms with Crippen molar-refractivity contribution in [3.05, 3.63) is 74.7 Å². The molecule has 0 aromatic heterocycles. The standard InChI is InChI=1S/C52H66N4O12/c1-25(2)12-11-17-50(10)18-16-29-40(66-50)28(14-13-26(3)4)42-35(41(29)64-47-39(59)38(58)43-32(63-47)24-62-49(8,9)65-43)37-36-34(31(23-53)45(54)56-37)30-22-33-48(6,7)68-51(44(30)60,52(33,36)67-42)19-15-27(5)46(61)55-20-21-57/h12-13,15-16,18,30,32-34,38-39,43,47,56-59H,11,14,17,19-22,24,54H2,1-10H3,(H,55,61)/b27-15-/t30?,32-,33?,34?,38-,39-,43-,47+,50?,51?,52?/m1/s1. The van der Waals surface area contributed by atoms with Crippen LogP contribution in [0.15, 0.2) is 58.0 Å². The smallest absolute Gasteiger partial charge is 0.246 e. The summed E-state index contributed by atoms with van der Waals surface area (Å²) in [4.78, 5) is 28.9. The predicted molar refractivity (Wildman–Crippen MR) is 249 cm³/mol. The van der Waals surface area contributed by atoms with Gasteiger partial charge in [-0.05, 0) is 107 Å². The van der Waals surface area contributed by atoms with E-state index in [1.807, 2.05) is 46.8 Å². The first-order valence-electron chi connectivity index (χ1n) is 23.8. The molecule has 0 radical (unpaired) electrons. The third-order valence-corrected chi connectivity index (χ3v) is 15.1. The predicted octanol–water partition coefficient (Wildman–Crippen LogP) is 5.05. The van der Waals surface area contributed by atoms with E-state index in [2.05, 4.69) is 42.7 Å². The van der Waals surface area contributed by atoms with E-state index in [1.165, 1.54) is 5.57 Å². The minimum absolute atomic E-state index is 0.0523. The van der Waals surface area contributed by atoms with E-state index in [4.69, 9.17) is 38.9 Å². The van der Waals surface area contributed by atoms with Crippen molar-refractivity contribution in [2.45, 2.75) is 160 Å². The molecule has 6 heterocycles. The Morgan fingerprint density at radius 1 is 1.04 bits per heavy atom. The summed E-state index contributed by atoms with van der Waals surface area (Å²) >= 11 is 0. The number of nitrogens with two attached hydrogens (primary N) is 1. The lowest BCUT2D eigenvalue weighted by Crippen LogP contribution is -2.75. The van der Waals surface area contributed by atoms with Crippen molar-refractivity contribution in [3.8, 4) is 23.3 Å². The van der Waals surface area contributed by atoms with Crippen LogP contribution in [-0.2, 0) is 35.0 Å². The van der Waals surface area contributed by atoms with Gasteiger partial charge in [0.2, 0.25) is 12.2 Å². The first-order valence-corrected chi connectivity index (χ1v) is 23.8. The van der Waals surface area contributed by atoms with E-state index in [1.54, 1.807) is 26.8 Å². The number of hydrogen-bond acceptors (Lipinski definition) is 15. The summed E-state index contributed by atoms with van der Waals surface area (Å²) in [6.07, 6.45) is 5.61. The summed E-state index contributed by atoms with van der Waals surface area (Å²) in [5.74, 6) is -2.69. The fourth-order valence-electron chi connectivity index (χ4n) is 12.0. The summed E-state index contributed by atoms with van der Waals surface area (Å²) in [6.45, 7) is 19.0. The molecule has 1 aromatic rings. The Bertz CT molecular complexity index is 2560. The highest BCUT2D eigenvalue weighted by atomic mass is 16.8. The number of ether oxygens (including phenoxy) is 7. The Hall–Kier alpha value is -4.99. The Kier molecular flexibility index (Phi) is 11.9. The Balaban J connectivity index is 1.31. The van der Waals surface area contributed by atoms with Gasteiger partial charge in [0.15, 0.2) is 22.8 Å². The van der Waals surface area contributed by atoms with Crippen LogP contribution in [0.4, 0.5) is 0 Å². The first kappa shape index (κ1) is 48.1.